The first kappa shape index (κ1) is 13.8. The molecule has 1 aromatic heterocycles. The quantitative estimate of drug-likeness (QED) is 0.714. The smallest absolute Gasteiger partial charge is 0.238 e. The van der Waals surface area contributed by atoms with Crippen LogP contribution in [0.1, 0.15) is 5.69 Å². The molecule has 102 valence electrons. The van der Waals surface area contributed by atoms with Crippen LogP contribution in [0.3, 0.4) is 0 Å². The molecule has 0 aliphatic carbocycles. The van der Waals surface area contributed by atoms with Gasteiger partial charge in [-0.3, -0.25) is 0 Å². The zero-order chi connectivity index (χ0) is 13.9. The van der Waals surface area contributed by atoms with Gasteiger partial charge in [-0.1, -0.05) is 0 Å². The number of rotatable bonds is 5. The second-order valence-corrected chi connectivity index (χ2v) is 6.23. The molecule has 0 amide bonds. The summed E-state index contributed by atoms with van der Waals surface area (Å²) >= 11 is 1.54. The predicted octanol–water partition coefficient (Wildman–Crippen LogP) is 1.03. The lowest BCUT2D eigenvalue weighted by Crippen LogP contribution is -2.13. The summed E-state index contributed by atoms with van der Waals surface area (Å²) in [6.07, 6.45) is 0.739. The predicted molar refractivity (Wildman–Crippen MR) is 76.5 cm³/mol. The van der Waals surface area contributed by atoms with Crippen molar-refractivity contribution in [2.24, 2.45) is 5.14 Å². The van der Waals surface area contributed by atoms with Gasteiger partial charge in [0.1, 0.15) is 0 Å². The van der Waals surface area contributed by atoms with E-state index in [9.17, 15) is 8.42 Å². The van der Waals surface area contributed by atoms with Crippen LogP contribution in [0.15, 0.2) is 34.0 Å². The molecule has 2 rings (SSSR count). The summed E-state index contributed by atoms with van der Waals surface area (Å²) in [5.74, 6) is 0. The Kier molecular flexibility index (Phi) is 4.03. The molecule has 19 heavy (non-hydrogen) atoms. The van der Waals surface area contributed by atoms with Crippen molar-refractivity contribution in [3.63, 3.8) is 0 Å². The fourth-order valence-electron chi connectivity index (χ4n) is 1.55. The summed E-state index contributed by atoms with van der Waals surface area (Å²) in [7, 11) is -3.72. The van der Waals surface area contributed by atoms with Crippen LogP contribution in [-0.4, -0.2) is 19.9 Å². The van der Waals surface area contributed by atoms with Gasteiger partial charge in [-0.05, 0) is 18.2 Å². The van der Waals surface area contributed by atoms with Crippen LogP contribution in [0.2, 0.25) is 0 Å². The zero-order valence-corrected chi connectivity index (χ0v) is 11.7. The molecule has 0 saturated carbocycles. The van der Waals surface area contributed by atoms with E-state index in [1.807, 2.05) is 5.38 Å². The van der Waals surface area contributed by atoms with Gasteiger partial charge < -0.3 is 11.1 Å². The lowest BCUT2D eigenvalue weighted by atomic mass is 10.2. The third kappa shape index (κ3) is 3.66. The molecular formula is C11H14N4O2S2. The minimum Gasteiger partial charge on any atom is -0.397 e. The topological polar surface area (TPSA) is 111 Å². The van der Waals surface area contributed by atoms with Gasteiger partial charge in [-0.2, -0.15) is 0 Å². The molecule has 0 saturated heterocycles. The Morgan fingerprint density at radius 2 is 2.16 bits per heavy atom. The van der Waals surface area contributed by atoms with Crippen LogP contribution in [0.25, 0.3) is 0 Å². The first-order valence-electron chi connectivity index (χ1n) is 5.50. The van der Waals surface area contributed by atoms with Gasteiger partial charge in [-0.15, -0.1) is 11.3 Å². The van der Waals surface area contributed by atoms with Crippen molar-refractivity contribution in [1.82, 2.24) is 4.98 Å². The Morgan fingerprint density at radius 3 is 2.79 bits per heavy atom. The average molecular weight is 298 g/mol. The largest absolute Gasteiger partial charge is 0.397 e. The van der Waals surface area contributed by atoms with Gasteiger partial charge >= 0.3 is 0 Å². The number of benzene rings is 1. The van der Waals surface area contributed by atoms with Crippen molar-refractivity contribution in [1.29, 1.82) is 0 Å². The maximum absolute atomic E-state index is 11.3. The Morgan fingerprint density at radius 1 is 1.37 bits per heavy atom. The second-order valence-electron chi connectivity index (χ2n) is 3.95. The molecule has 1 heterocycles. The van der Waals surface area contributed by atoms with E-state index in [2.05, 4.69) is 10.3 Å². The van der Waals surface area contributed by atoms with Crippen LogP contribution in [-0.2, 0) is 16.4 Å². The highest BCUT2D eigenvalue weighted by Gasteiger charge is 2.10. The highest BCUT2D eigenvalue weighted by molar-refractivity contribution is 7.89. The molecule has 0 unspecified atom stereocenters. The van der Waals surface area contributed by atoms with Crippen LogP contribution in [0.4, 0.5) is 11.4 Å². The minimum atomic E-state index is -3.72. The summed E-state index contributed by atoms with van der Waals surface area (Å²) in [6.45, 7) is 0.613. The van der Waals surface area contributed by atoms with Crippen LogP contribution in [0.5, 0.6) is 0 Å². The molecule has 8 heteroatoms. The Labute approximate surface area is 115 Å². The van der Waals surface area contributed by atoms with Crippen molar-refractivity contribution in [3.8, 4) is 0 Å². The number of sulfonamides is 1. The minimum absolute atomic E-state index is 0.0397. The Bertz CT molecular complexity index is 653. The first-order valence-corrected chi connectivity index (χ1v) is 7.99. The highest BCUT2D eigenvalue weighted by Crippen LogP contribution is 2.22. The third-order valence-electron chi connectivity index (χ3n) is 2.53. The number of primary sulfonamides is 1. The number of nitrogen functional groups attached to an aromatic ring is 1. The normalized spacial score (nSPS) is 11.4. The number of anilines is 2. The number of nitrogens with one attached hydrogen (secondary N) is 1. The maximum atomic E-state index is 11.3. The number of nitrogens with zero attached hydrogens (tertiary/aromatic N) is 1. The van der Waals surface area contributed by atoms with Crippen molar-refractivity contribution in [2.75, 3.05) is 17.6 Å². The summed E-state index contributed by atoms with van der Waals surface area (Å²) in [5.41, 5.74) is 9.57. The van der Waals surface area contributed by atoms with Crippen molar-refractivity contribution in [3.05, 3.63) is 34.8 Å². The standard InChI is InChI=1S/C11H14N4O2S2/c12-10-2-1-9(19(13,16)17)5-11(10)14-4-3-8-6-18-7-15-8/h1-2,5-7,14H,3-4,12H2,(H2,13,16,17). The number of thiazole rings is 1. The second kappa shape index (κ2) is 5.55. The summed E-state index contributed by atoms with van der Waals surface area (Å²) in [5, 5.41) is 10.1. The highest BCUT2D eigenvalue weighted by atomic mass is 32.2. The molecule has 1 aromatic carbocycles. The third-order valence-corrected chi connectivity index (χ3v) is 4.08. The van der Waals surface area contributed by atoms with Gasteiger partial charge in [0, 0.05) is 18.3 Å². The van der Waals surface area contributed by atoms with Crippen molar-refractivity contribution < 1.29 is 8.42 Å². The average Bonchev–Trinajstić information content (AvgIpc) is 2.83. The molecule has 5 N–H and O–H groups in total. The number of hydrogen-bond acceptors (Lipinski definition) is 6. The molecular weight excluding hydrogens is 284 g/mol. The molecule has 0 fully saturated rings. The molecule has 6 nitrogen and oxygen atoms in total. The summed E-state index contributed by atoms with van der Waals surface area (Å²) < 4.78 is 22.5. The van der Waals surface area contributed by atoms with Gasteiger partial charge in [0.25, 0.3) is 0 Å². The van der Waals surface area contributed by atoms with Gasteiger partial charge in [0.2, 0.25) is 10.0 Å². The lowest BCUT2D eigenvalue weighted by molar-refractivity contribution is 0.598. The van der Waals surface area contributed by atoms with Gasteiger partial charge in [-0.25, -0.2) is 18.5 Å². The van der Waals surface area contributed by atoms with Crippen molar-refractivity contribution >= 4 is 32.7 Å². The van der Waals surface area contributed by atoms with E-state index in [0.717, 1.165) is 12.1 Å². The fourth-order valence-corrected chi connectivity index (χ4v) is 2.68. The molecule has 0 spiro atoms. The number of nitrogens with two attached hydrogens (primary N) is 2. The van der Waals surface area contributed by atoms with E-state index in [0.29, 0.717) is 17.9 Å². The molecule has 0 aliphatic rings. The van der Waals surface area contributed by atoms with Crippen LogP contribution < -0.4 is 16.2 Å². The van der Waals surface area contributed by atoms with E-state index in [4.69, 9.17) is 10.9 Å². The van der Waals surface area contributed by atoms with E-state index in [1.165, 1.54) is 29.5 Å². The lowest BCUT2D eigenvalue weighted by Gasteiger charge is -2.10. The van der Waals surface area contributed by atoms with Crippen LogP contribution >= 0.6 is 11.3 Å². The van der Waals surface area contributed by atoms with Crippen molar-refractivity contribution in [2.45, 2.75) is 11.3 Å². The summed E-state index contributed by atoms with van der Waals surface area (Å²) in [4.78, 5) is 4.20. The Hall–Kier alpha value is -1.64. The Balaban J connectivity index is 2.07. The zero-order valence-electron chi connectivity index (χ0n) is 10.0. The first-order chi connectivity index (χ1) is 8.97. The fraction of sp³-hybridized carbons (Fsp3) is 0.182. The molecule has 0 radical (unpaired) electrons. The monoisotopic (exact) mass is 298 g/mol. The SMILES string of the molecule is Nc1ccc(S(N)(=O)=O)cc1NCCc1cscn1. The molecule has 0 atom stereocenters. The van der Waals surface area contributed by atoms with Gasteiger partial charge in [0.05, 0.1) is 27.5 Å². The van der Waals surface area contributed by atoms with E-state index in [-0.39, 0.29) is 4.90 Å². The number of aromatic nitrogens is 1. The van der Waals surface area contributed by atoms with Gasteiger partial charge in [0.15, 0.2) is 0 Å². The summed E-state index contributed by atoms with van der Waals surface area (Å²) in [6, 6.07) is 4.34. The van der Waals surface area contributed by atoms with E-state index >= 15 is 0 Å². The molecule has 0 bridgehead atoms. The number of hydrogen-bond donors (Lipinski definition) is 3. The molecule has 2 aromatic rings. The maximum Gasteiger partial charge on any atom is 0.238 e. The van der Waals surface area contributed by atoms with E-state index < -0.39 is 10.0 Å². The van der Waals surface area contributed by atoms with Crippen LogP contribution in [0, 0.1) is 0 Å². The van der Waals surface area contributed by atoms with E-state index in [1.54, 1.807) is 5.51 Å². The molecule has 0 aliphatic heterocycles.